The Balaban J connectivity index is 1.80. The van der Waals surface area contributed by atoms with E-state index in [1.165, 1.54) is 5.56 Å². The lowest BCUT2D eigenvalue weighted by Crippen LogP contribution is -2.23. The van der Waals surface area contributed by atoms with Gasteiger partial charge in [-0.2, -0.15) is 0 Å². The summed E-state index contributed by atoms with van der Waals surface area (Å²) in [5.41, 5.74) is 1.72. The number of anilines is 1. The zero-order valence-corrected chi connectivity index (χ0v) is 18.8. The van der Waals surface area contributed by atoms with Crippen LogP contribution in [-0.4, -0.2) is 38.3 Å². The molecular formula is C24H31NO6. The summed E-state index contributed by atoms with van der Waals surface area (Å²) in [5, 5.41) is 2.67. The Kier molecular flexibility index (Phi) is 8.73. The number of benzene rings is 2. The van der Waals surface area contributed by atoms with Crippen LogP contribution in [0.25, 0.3) is 0 Å². The summed E-state index contributed by atoms with van der Waals surface area (Å²) in [4.78, 5) is 24.0. The van der Waals surface area contributed by atoms with Crippen LogP contribution in [0, 0.1) is 0 Å². The van der Waals surface area contributed by atoms with Crippen LogP contribution >= 0.6 is 0 Å². The molecule has 0 atom stereocenters. The van der Waals surface area contributed by atoms with Gasteiger partial charge in [-0.15, -0.1) is 0 Å². The molecule has 7 heteroatoms. The van der Waals surface area contributed by atoms with E-state index in [-0.39, 0.29) is 12.0 Å². The van der Waals surface area contributed by atoms with E-state index in [0.717, 1.165) is 0 Å². The van der Waals surface area contributed by atoms with E-state index in [9.17, 15) is 9.59 Å². The standard InChI is InChI=1S/C24H31NO6/c1-6-28-20-13-10-18(14-21(20)29-7-2)25-22(26)15-31-23(27)16-30-19-11-8-17(9-12-19)24(3,4)5/h8-14H,6-7,15-16H2,1-5H3,(H,25,26). The van der Waals surface area contributed by atoms with Crippen LogP contribution in [0.3, 0.4) is 0 Å². The van der Waals surface area contributed by atoms with E-state index < -0.39 is 18.5 Å². The highest BCUT2D eigenvalue weighted by Crippen LogP contribution is 2.30. The van der Waals surface area contributed by atoms with Gasteiger partial charge in [-0.05, 0) is 49.1 Å². The minimum absolute atomic E-state index is 0.0393. The van der Waals surface area contributed by atoms with E-state index in [1.54, 1.807) is 18.2 Å². The van der Waals surface area contributed by atoms with Gasteiger partial charge in [0.25, 0.3) is 5.91 Å². The number of carbonyl (C=O) groups excluding carboxylic acids is 2. The number of amides is 1. The van der Waals surface area contributed by atoms with E-state index in [1.807, 2.05) is 38.1 Å². The summed E-state index contributed by atoms with van der Waals surface area (Å²) in [5.74, 6) is 0.602. The highest BCUT2D eigenvalue weighted by Gasteiger charge is 2.14. The molecule has 31 heavy (non-hydrogen) atoms. The fourth-order valence-electron chi connectivity index (χ4n) is 2.71. The van der Waals surface area contributed by atoms with Crippen LogP contribution in [0.1, 0.15) is 40.2 Å². The van der Waals surface area contributed by atoms with Gasteiger partial charge in [-0.25, -0.2) is 4.79 Å². The lowest BCUT2D eigenvalue weighted by atomic mass is 9.87. The number of nitrogens with one attached hydrogen (secondary N) is 1. The zero-order chi connectivity index (χ0) is 22.9. The predicted octanol–water partition coefficient (Wildman–Crippen LogP) is 4.34. The first kappa shape index (κ1) is 24.1. The van der Waals surface area contributed by atoms with Crippen molar-refractivity contribution in [2.75, 3.05) is 31.7 Å². The van der Waals surface area contributed by atoms with Crippen molar-refractivity contribution < 1.29 is 28.5 Å². The van der Waals surface area contributed by atoms with E-state index in [0.29, 0.717) is 36.1 Å². The smallest absolute Gasteiger partial charge is 0.344 e. The predicted molar refractivity (Wildman–Crippen MR) is 119 cm³/mol. The minimum atomic E-state index is -0.628. The van der Waals surface area contributed by atoms with Gasteiger partial charge < -0.3 is 24.3 Å². The molecule has 2 aromatic carbocycles. The van der Waals surface area contributed by atoms with Crippen LogP contribution in [-0.2, 0) is 19.7 Å². The van der Waals surface area contributed by atoms with Gasteiger partial charge in [0.2, 0.25) is 0 Å². The average Bonchev–Trinajstić information content (AvgIpc) is 2.72. The highest BCUT2D eigenvalue weighted by atomic mass is 16.6. The normalized spacial score (nSPS) is 10.9. The van der Waals surface area contributed by atoms with Gasteiger partial charge >= 0.3 is 5.97 Å². The molecule has 0 bridgehead atoms. The Hall–Kier alpha value is -3.22. The summed E-state index contributed by atoms with van der Waals surface area (Å²) in [6.07, 6.45) is 0. The molecule has 0 radical (unpaired) electrons. The Morgan fingerprint density at radius 2 is 1.48 bits per heavy atom. The van der Waals surface area contributed by atoms with Gasteiger partial charge in [0, 0.05) is 11.8 Å². The van der Waals surface area contributed by atoms with Gasteiger partial charge in [-0.1, -0.05) is 32.9 Å². The van der Waals surface area contributed by atoms with Crippen molar-refractivity contribution >= 4 is 17.6 Å². The Morgan fingerprint density at radius 1 is 0.839 bits per heavy atom. The maximum absolute atomic E-state index is 12.1. The first-order valence-corrected chi connectivity index (χ1v) is 10.3. The molecule has 0 aliphatic heterocycles. The molecule has 0 spiro atoms. The fourth-order valence-corrected chi connectivity index (χ4v) is 2.71. The summed E-state index contributed by atoms with van der Waals surface area (Å²) in [7, 11) is 0. The van der Waals surface area contributed by atoms with Crippen molar-refractivity contribution in [1.82, 2.24) is 0 Å². The van der Waals surface area contributed by atoms with E-state index in [2.05, 4.69) is 26.1 Å². The van der Waals surface area contributed by atoms with E-state index >= 15 is 0 Å². The molecule has 1 amide bonds. The van der Waals surface area contributed by atoms with Gasteiger partial charge in [0.1, 0.15) is 5.75 Å². The average molecular weight is 430 g/mol. The maximum Gasteiger partial charge on any atom is 0.344 e. The number of esters is 1. The van der Waals surface area contributed by atoms with Crippen molar-refractivity contribution in [3.8, 4) is 17.2 Å². The summed E-state index contributed by atoms with van der Waals surface area (Å²) >= 11 is 0. The third-order valence-corrected chi connectivity index (χ3v) is 4.27. The second-order valence-corrected chi connectivity index (χ2v) is 7.80. The second-order valence-electron chi connectivity index (χ2n) is 7.80. The van der Waals surface area contributed by atoms with Crippen LogP contribution in [0.15, 0.2) is 42.5 Å². The van der Waals surface area contributed by atoms with Crippen molar-refractivity contribution in [1.29, 1.82) is 0 Å². The molecule has 0 saturated carbocycles. The fraction of sp³-hybridized carbons (Fsp3) is 0.417. The SMILES string of the molecule is CCOc1ccc(NC(=O)COC(=O)COc2ccc(C(C)(C)C)cc2)cc1OCC. The molecule has 7 nitrogen and oxygen atoms in total. The molecule has 2 aromatic rings. The van der Waals surface area contributed by atoms with Crippen LogP contribution in [0.4, 0.5) is 5.69 Å². The minimum Gasteiger partial charge on any atom is -0.490 e. The quantitative estimate of drug-likeness (QED) is 0.566. The molecule has 0 aliphatic rings. The molecule has 1 N–H and O–H groups in total. The molecule has 2 rings (SSSR count). The Labute approximate surface area is 183 Å². The molecule has 0 unspecified atom stereocenters. The summed E-state index contributed by atoms with van der Waals surface area (Å²) < 4.78 is 21.4. The largest absolute Gasteiger partial charge is 0.490 e. The third kappa shape index (κ3) is 7.85. The molecular weight excluding hydrogens is 398 g/mol. The topological polar surface area (TPSA) is 83.1 Å². The van der Waals surface area contributed by atoms with Crippen LogP contribution < -0.4 is 19.5 Å². The van der Waals surface area contributed by atoms with Gasteiger partial charge in [-0.3, -0.25) is 4.79 Å². The van der Waals surface area contributed by atoms with Crippen LogP contribution in [0.5, 0.6) is 17.2 Å². The Morgan fingerprint density at radius 3 is 2.10 bits per heavy atom. The van der Waals surface area contributed by atoms with Crippen molar-refractivity contribution in [3.63, 3.8) is 0 Å². The first-order valence-electron chi connectivity index (χ1n) is 10.3. The van der Waals surface area contributed by atoms with Crippen LogP contribution in [0.2, 0.25) is 0 Å². The number of hydrogen-bond acceptors (Lipinski definition) is 6. The summed E-state index contributed by atoms with van der Waals surface area (Å²) in [6, 6.07) is 12.6. The third-order valence-electron chi connectivity index (χ3n) is 4.27. The molecule has 0 aliphatic carbocycles. The number of hydrogen-bond donors (Lipinski definition) is 1. The number of rotatable bonds is 10. The molecule has 0 saturated heterocycles. The zero-order valence-electron chi connectivity index (χ0n) is 18.8. The summed E-state index contributed by atoms with van der Waals surface area (Å²) in [6.45, 7) is 10.4. The number of ether oxygens (including phenoxy) is 4. The maximum atomic E-state index is 12.1. The van der Waals surface area contributed by atoms with Gasteiger partial charge in [0.15, 0.2) is 24.7 Å². The molecule has 0 aromatic heterocycles. The Bertz CT molecular complexity index is 871. The van der Waals surface area contributed by atoms with Crippen molar-refractivity contribution in [2.45, 2.75) is 40.0 Å². The number of carbonyl (C=O) groups is 2. The van der Waals surface area contributed by atoms with Crippen molar-refractivity contribution in [3.05, 3.63) is 48.0 Å². The van der Waals surface area contributed by atoms with Gasteiger partial charge in [0.05, 0.1) is 13.2 Å². The lowest BCUT2D eigenvalue weighted by molar-refractivity contribution is -0.149. The van der Waals surface area contributed by atoms with E-state index in [4.69, 9.17) is 18.9 Å². The first-order chi connectivity index (χ1) is 14.7. The molecule has 0 heterocycles. The lowest BCUT2D eigenvalue weighted by Gasteiger charge is -2.19. The molecule has 0 fully saturated rings. The highest BCUT2D eigenvalue weighted by molar-refractivity contribution is 5.93. The monoisotopic (exact) mass is 429 g/mol. The molecule has 168 valence electrons. The second kappa shape index (κ2) is 11.2. The van der Waals surface area contributed by atoms with Crippen molar-refractivity contribution in [2.24, 2.45) is 0 Å².